The lowest BCUT2D eigenvalue weighted by atomic mass is 10.1. The maximum Gasteiger partial charge on any atom is 0.270 e. The van der Waals surface area contributed by atoms with Crippen molar-refractivity contribution in [2.45, 2.75) is 26.3 Å². The third-order valence-electron chi connectivity index (χ3n) is 3.44. The van der Waals surface area contributed by atoms with Crippen LogP contribution in [-0.2, 0) is 0 Å². The standard InChI is InChI=1S/C19H25N3O4/c1-19(2,3)22-18(23)14-8-7-12(11-20-14)21-13-9-15(24-4)17(26-6)16(10-13)25-5/h7-11,21H,1-6H3,(H,22,23). The van der Waals surface area contributed by atoms with Gasteiger partial charge >= 0.3 is 0 Å². The quantitative estimate of drug-likeness (QED) is 0.823. The van der Waals surface area contributed by atoms with Crippen LogP contribution in [0.15, 0.2) is 30.5 Å². The highest BCUT2D eigenvalue weighted by Crippen LogP contribution is 2.40. The van der Waals surface area contributed by atoms with Gasteiger partial charge in [0.2, 0.25) is 5.75 Å². The van der Waals surface area contributed by atoms with E-state index in [0.29, 0.717) is 22.9 Å². The molecule has 0 spiro atoms. The zero-order valence-electron chi connectivity index (χ0n) is 16.0. The summed E-state index contributed by atoms with van der Waals surface area (Å²) in [7, 11) is 4.68. The van der Waals surface area contributed by atoms with Gasteiger partial charge in [0.05, 0.1) is 33.2 Å². The Labute approximate surface area is 153 Å². The molecular weight excluding hydrogens is 334 g/mol. The summed E-state index contributed by atoms with van der Waals surface area (Å²) in [6, 6.07) is 7.04. The lowest BCUT2D eigenvalue weighted by molar-refractivity contribution is 0.0914. The van der Waals surface area contributed by atoms with Gasteiger partial charge in [-0.2, -0.15) is 0 Å². The summed E-state index contributed by atoms with van der Waals surface area (Å²) < 4.78 is 16.0. The maximum absolute atomic E-state index is 12.1. The summed E-state index contributed by atoms with van der Waals surface area (Å²) in [6.45, 7) is 5.77. The molecule has 0 aliphatic heterocycles. The van der Waals surface area contributed by atoms with Crippen LogP contribution in [-0.4, -0.2) is 37.8 Å². The van der Waals surface area contributed by atoms with Gasteiger partial charge in [-0.1, -0.05) is 0 Å². The molecule has 1 amide bonds. The van der Waals surface area contributed by atoms with E-state index in [9.17, 15) is 4.79 Å². The minimum Gasteiger partial charge on any atom is -0.493 e. The van der Waals surface area contributed by atoms with Gasteiger partial charge in [0.1, 0.15) is 5.69 Å². The third kappa shape index (κ3) is 4.78. The molecule has 26 heavy (non-hydrogen) atoms. The summed E-state index contributed by atoms with van der Waals surface area (Å²) in [5.41, 5.74) is 1.52. The van der Waals surface area contributed by atoms with Crippen molar-refractivity contribution in [2.24, 2.45) is 0 Å². The number of hydrogen-bond donors (Lipinski definition) is 2. The smallest absolute Gasteiger partial charge is 0.270 e. The number of rotatable bonds is 6. The van der Waals surface area contributed by atoms with E-state index in [1.165, 1.54) is 0 Å². The summed E-state index contributed by atoms with van der Waals surface area (Å²) in [4.78, 5) is 16.3. The molecule has 1 heterocycles. The van der Waals surface area contributed by atoms with Gasteiger partial charge in [0, 0.05) is 23.4 Å². The average Bonchev–Trinajstić information content (AvgIpc) is 2.59. The topological polar surface area (TPSA) is 81.7 Å². The lowest BCUT2D eigenvalue weighted by Gasteiger charge is -2.20. The molecule has 0 aliphatic carbocycles. The molecule has 7 nitrogen and oxygen atoms in total. The van der Waals surface area contributed by atoms with Crippen LogP contribution in [0.2, 0.25) is 0 Å². The molecule has 0 aliphatic rings. The molecule has 7 heteroatoms. The zero-order valence-corrected chi connectivity index (χ0v) is 16.0. The van der Waals surface area contributed by atoms with Crippen molar-refractivity contribution in [2.75, 3.05) is 26.6 Å². The Hall–Kier alpha value is -2.96. The number of carbonyl (C=O) groups is 1. The second kappa shape index (κ2) is 7.95. The third-order valence-corrected chi connectivity index (χ3v) is 3.44. The highest BCUT2D eigenvalue weighted by molar-refractivity contribution is 5.93. The van der Waals surface area contributed by atoms with Gasteiger partial charge in [-0.05, 0) is 32.9 Å². The molecule has 140 valence electrons. The minimum atomic E-state index is -0.314. The van der Waals surface area contributed by atoms with Gasteiger partial charge in [-0.25, -0.2) is 4.98 Å². The summed E-state index contributed by atoms with van der Waals surface area (Å²) in [5, 5.41) is 6.09. The fourth-order valence-corrected chi connectivity index (χ4v) is 2.33. The molecule has 0 atom stereocenters. The Morgan fingerprint density at radius 3 is 2.00 bits per heavy atom. The van der Waals surface area contributed by atoms with Crippen molar-refractivity contribution >= 4 is 17.3 Å². The number of benzene rings is 1. The molecule has 0 radical (unpaired) electrons. The average molecular weight is 359 g/mol. The number of methoxy groups -OCH3 is 3. The van der Waals surface area contributed by atoms with Gasteiger partial charge in [-0.15, -0.1) is 0 Å². The minimum absolute atomic E-state index is 0.211. The van der Waals surface area contributed by atoms with Crippen molar-refractivity contribution in [1.29, 1.82) is 0 Å². The first-order chi connectivity index (χ1) is 12.3. The number of nitrogens with zero attached hydrogens (tertiary/aromatic N) is 1. The van der Waals surface area contributed by atoms with Crippen LogP contribution in [0.3, 0.4) is 0 Å². The largest absolute Gasteiger partial charge is 0.493 e. The molecule has 0 fully saturated rings. The van der Waals surface area contributed by atoms with Crippen LogP contribution in [0.5, 0.6) is 17.2 Å². The van der Waals surface area contributed by atoms with Crippen LogP contribution in [0.25, 0.3) is 0 Å². The van der Waals surface area contributed by atoms with Crippen LogP contribution in [0.4, 0.5) is 11.4 Å². The van der Waals surface area contributed by atoms with E-state index in [1.54, 1.807) is 51.8 Å². The number of ether oxygens (including phenoxy) is 3. The number of pyridine rings is 1. The molecule has 1 aromatic heterocycles. The van der Waals surface area contributed by atoms with Gasteiger partial charge in [0.15, 0.2) is 11.5 Å². The molecule has 2 N–H and O–H groups in total. The number of amides is 1. The first-order valence-electron chi connectivity index (χ1n) is 8.13. The Balaban J connectivity index is 2.20. The van der Waals surface area contributed by atoms with E-state index in [2.05, 4.69) is 15.6 Å². The number of nitrogens with one attached hydrogen (secondary N) is 2. The Morgan fingerprint density at radius 2 is 1.58 bits per heavy atom. The van der Waals surface area contributed by atoms with Gasteiger partial charge in [-0.3, -0.25) is 4.79 Å². The Kier molecular flexibility index (Phi) is 5.92. The Bertz CT molecular complexity index is 742. The second-order valence-electron chi connectivity index (χ2n) is 6.68. The molecule has 0 saturated carbocycles. The van der Waals surface area contributed by atoms with Crippen LogP contribution in [0.1, 0.15) is 31.3 Å². The predicted octanol–water partition coefficient (Wildman–Crippen LogP) is 3.38. The highest BCUT2D eigenvalue weighted by Gasteiger charge is 2.16. The van der Waals surface area contributed by atoms with E-state index < -0.39 is 0 Å². The second-order valence-corrected chi connectivity index (χ2v) is 6.68. The molecule has 0 saturated heterocycles. The summed E-state index contributed by atoms with van der Waals surface area (Å²) in [6.07, 6.45) is 1.60. The van der Waals surface area contributed by atoms with E-state index >= 15 is 0 Å². The first-order valence-corrected chi connectivity index (χ1v) is 8.13. The summed E-state index contributed by atoms with van der Waals surface area (Å²) in [5.74, 6) is 1.40. The fourth-order valence-electron chi connectivity index (χ4n) is 2.33. The summed E-state index contributed by atoms with van der Waals surface area (Å²) >= 11 is 0. The first kappa shape index (κ1) is 19.4. The highest BCUT2D eigenvalue weighted by atomic mass is 16.5. The van der Waals surface area contributed by atoms with Crippen molar-refractivity contribution in [3.05, 3.63) is 36.2 Å². The van der Waals surface area contributed by atoms with Gasteiger partial charge in [0.25, 0.3) is 5.91 Å². The van der Waals surface area contributed by atoms with Crippen LogP contribution < -0.4 is 24.8 Å². The lowest BCUT2D eigenvalue weighted by Crippen LogP contribution is -2.40. The number of aromatic nitrogens is 1. The fraction of sp³-hybridized carbons (Fsp3) is 0.368. The molecule has 2 rings (SSSR count). The van der Waals surface area contributed by atoms with Crippen molar-refractivity contribution < 1.29 is 19.0 Å². The van der Waals surface area contributed by atoms with Crippen LogP contribution in [0, 0.1) is 0 Å². The van der Waals surface area contributed by atoms with E-state index in [-0.39, 0.29) is 11.4 Å². The molecular formula is C19H25N3O4. The van der Waals surface area contributed by atoms with E-state index in [1.807, 2.05) is 20.8 Å². The Morgan fingerprint density at radius 1 is 0.962 bits per heavy atom. The molecule has 0 bridgehead atoms. The monoisotopic (exact) mass is 359 g/mol. The predicted molar refractivity (Wildman–Crippen MR) is 101 cm³/mol. The van der Waals surface area contributed by atoms with Crippen LogP contribution >= 0.6 is 0 Å². The molecule has 2 aromatic rings. The zero-order chi connectivity index (χ0) is 19.3. The molecule has 0 unspecified atom stereocenters. The van der Waals surface area contributed by atoms with Crippen molar-refractivity contribution in [1.82, 2.24) is 10.3 Å². The number of hydrogen-bond acceptors (Lipinski definition) is 6. The van der Waals surface area contributed by atoms with E-state index in [0.717, 1.165) is 11.4 Å². The number of carbonyl (C=O) groups excluding carboxylic acids is 1. The molecule has 1 aromatic carbocycles. The maximum atomic E-state index is 12.1. The normalized spacial score (nSPS) is 10.8. The van der Waals surface area contributed by atoms with Crippen molar-refractivity contribution in [3.63, 3.8) is 0 Å². The van der Waals surface area contributed by atoms with Crippen molar-refractivity contribution in [3.8, 4) is 17.2 Å². The number of anilines is 2. The van der Waals surface area contributed by atoms with Gasteiger partial charge < -0.3 is 24.8 Å². The SMILES string of the molecule is COc1cc(Nc2ccc(C(=O)NC(C)(C)C)nc2)cc(OC)c1OC. The van der Waals surface area contributed by atoms with E-state index in [4.69, 9.17) is 14.2 Å².